The molecule has 0 N–H and O–H groups in total. The van der Waals surface area contributed by atoms with Crippen LogP contribution in [0.5, 0.6) is 0 Å². The van der Waals surface area contributed by atoms with Gasteiger partial charge in [0.05, 0.1) is 6.54 Å². The van der Waals surface area contributed by atoms with E-state index in [0.29, 0.717) is 30.2 Å². The molecule has 0 bridgehead atoms. The van der Waals surface area contributed by atoms with Crippen LogP contribution in [0.4, 0.5) is 0 Å². The molecule has 1 aromatic heterocycles. The molecule has 0 atom stereocenters. The quantitative estimate of drug-likeness (QED) is 0.806. The minimum atomic E-state index is 0.304. The second-order valence-electron chi connectivity index (χ2n) is 8.69. The number of amides is 1. The fourth-order valence-electron chi connectivity index (χ4n) is 4.73. The minimum absolute atomic E-state index is 0.304. The van der Waals surface area contributed by atoms with E-state index >= 15 is 0 Å². The van der Waals surface area contributed by atoms with E-state index in [4.69, 9.17) is 4.74 Å². The lowest BCUT2D eigenvalue weighted by Gasteiger charge is -2.37. The van der Waals surface area contributed by atoms with E-state index in [1.54, 1.807) is 0 Å². The van der Waals surface area contributed by atoms with Gasteiger partial charge in [0.2, 0.25) is 5.91 Å². The largest absolute Gasteiger partial charge is 0.381 e. The Morgan fingerprint density at radius 1 is 1.07 bits per heavy atom. The summed E-state index contributed by atoms with van der Waals surface area (Å²) >= 11 is 0. The third-order valence-corrected chi connectivity index (χ3v) is 6.31. The normalized spacial score (nSPS) is 23.0. The van der Waals surface area contributed by atoms with Crippen molar-refractivity contribution in [3.8, 4) is 0 Å². The molecule has 0 spiro atoms. The lowest BCUT2D eigenvalue weighted by molar-refractivity contribution is -0.133. The molecule has 0 unspecified atom stereocenters. The summed E-state index contributed by atoms with van der Waals surface area (Å²) in [5.74, 6) is 3.42. The number of carbonyl (C=O) groups excluding carboxylic acids is 1. The molecule has 0 aromatic carbocycles. The Morgan fingerprint density at radius 3 is 2.52 bits per heavy atom. The smallest absolute Gasteiger partial charge is 0.222 e. The standard InChI is InChI=1S/C20H33N5O2/c1-15(2)13-19(26)23-7-3-16(4-8-23)20-22-21-18-14-24(9-10-25(18)20)17-5-11-27-12-6-17/h15-17H,3-14H2,1-2H3. The monoisotopic (exact) mass is 375 g/mol. The SMILES string of the molecule is CC(C)CC(=O)N1CCC(c2nnc3n2CCN(C2CCOCC2)C3)CC1. The van der Waals surface area contributed by atoms with E-state index < -0.39 is 0 Å². The van der Waals surface area contributed by atoms with Crippen LogP contribution in [0, 0.1) is 5.92 Å². The average molecular weight is 376 g/mol. The predicted octanol–water partition coefficient (Wildman–Crippen LogP) is 2.02. The van der Waals surface area contributed by atoms with Crippen LogP contribution in [0.3, 0.4) is 0 Å². The van der Waals surface area contributed by atoms with Crippen molar-refractivity contribution in [1.82, 2.24) is 24.6 Å². The van der Waals surface area contributed by atoms with Crippen molar-refractivity contribution >= 4 is 5.91 Å². The van der Waals surface area contributed by atoms with Gasteiger partial charge in [0.1, 0.15) is 11.6 Å². The number of aromatic nitrogens is 3. The number of carbonyl (C=O) groups is 1. The van der Waals surface area contributed by atoms with Crippen molar-refractivity contribution in [3.05, 3.63) is 11.6 Å². The van der Waals surface area contributed by atoms with Crippen LogP contribution < -0.4 is 0 Å². The molecule has 3 aliphatic rings. The molecule has 0 saturated carbocycles. The Balaban J connectivity index is 1.35. The molecule has 4 rings (SSSR count). The van der Waals surface area contributed by atoms with Gasteiger partial charge >= 0.3 is 0 Å². The Hall–Kier alpha value is -1.47. The van der Waals surface area contributed by atoms with E-state index in [1.807, 2.05) is 4.90 Å². The molecule has 3 aliphatic heterocycles. The second kappa shape index (κ2) is 8.27. The summed E-state index contributed by atoms with van der Waals surface area (Å²) in [5, 5.41) is 9.11. The van der Waals surface area contributed by atoms with E-state index in [-0.39, 0.29) is 0 Å². The van der Waals surface area contributed by atoms with Crippen molar-refractivity contribution in [1.29, 1.82) is 0 Å². The first kappa shape index (κ1) is 18.9. The lowest BCUT2D eigenvalue weighted by atomic mass is 9.95. The maximum atomic E-state index is 12.3. The van der Waals surface area contributed by atoms with Crippen molar-refractivity contribution < 1.29 is 9.53 Å². The molecule has 4 heterocycles. The maximum Gasteiger partial charge on any atom is 0.222 e. The zero-order chi connectivity index (χ0) is 18.8. The van der Waals surface area contributed by atoms with Crippen LogP contribution in [-0.4, -0.2) is 69.4 Å². The summed E-state index contributed by atoms with van der Waals surface area (Å²) in [5.41, 5.74) is 0. The number of hydrogen-bond donors (Lipinski definition) is 0. The Morgan fingerprint density at radius 2 is 1.81 bits per heavy atom. The first-order chi connectivity index (χ1) is 13.1. The summed E-state index contributed by atoms with van der Waals surface area (Å²) < 4.78 is 7.86. The Kier molecular flexibility index (Phi) is 5.78. The van der Waals surface area contributed by atoms with Crippen LogP contribution in [0.25, 0.3) is 0 Å². The molecule has 1 aromatic rings. The number of rotatable bonds is 4. The molecule has 150 valence electrons. The van der Waals surface area contributed by atoms with Crippen LogP contribution in [0.1, 0.15) is 63.5 Å². The molecule has 1 amide bonds. The van der Waals surface area contributed by atoms with Gasteiger partial charge in [-0.2, -0.15) is 0 Å². The fraction of sp³-hybridized carbons (Fsp3) is 0.850. The molecule has 2 saturated heterocycles. The van der Waals surface area contributed by atoms with Gasteiger partial charge in [-0.25, -0.2) is 0 Å². The molecular weight excluding hydrogens is 342 g/mol. The average Bonchev–Trinajstić information content (AvgIpc) is 3.11. The van der Waals surface area contributed by atoms with E-state index in [0.717, 1.165) is 83.3 Å². The van der Waals surface area contributed by atoms with Crippen LogP contribution in [0.15, 0.2) is 0 Å². The summed E-state index contributed by atoms with van der Waals surface area (Å²) in [6, 6.07) is 0.628. The fourth-order valence-corrected chi connectivity index (χ4v) is 4.73. The number of piperidine rings is 1. The van der Waals surface area contributed by atoms with E-state index in [1.165, 1.54) is 0 Å². The molecule has 2 fully saturated rings. The first-order valence-electron chi connectivity index (χ1n) is 10.6. The summed E-state index contributed by atoms with van der Waals surface area (Å²) in [6.45, 7) is 10.7. The number of likely N-dealkylation sites (tertiary alicyclic amines) is 1. The van der Waals surface area contributed by atoms with Crippen LogP contribution >= 0.6 is 0 Å². The summed E-state index contributed by atoms with van der Waals surface area (Å²) in [6.07, 6.45) is 4.93. The number of hydrogen-bond acceptors (Lipinski definition) is 5. The summed E-state index contributed by atoms with van der Waals surface area (Å²) in [7, 11) is 0. The van der Waals surface area contributed by atoms with E-state index in [2.05, 4.69) is 33.5 Å². The predicted molar refractivity (Wildman–Crippen MR) is 102 cm³/mol. The minimum Gasteiger partial charge on any atom is -0.381 e. The first-order valence-corrected chi connectivity index (χ1v) is 10.6. The van der Waals surface area contributed by atoms with Crippen LogP contribution in [-0.2, 0) is 22.6 Å². The highest BCUT2D eigenvalue weighted by atomic mass is 16.5. The van der Waals surface area contributed by atoms with E-state index in [9.17, 15) is 4.79 Å². The molecule has 0 aliphatic carbocycles. The highest BCUT2D eigenvalue weighted by Crippen LogP contribution is 2.30. The van der Waals surface area contributed by atoms with Gasteiger partial charge < -0.3 is 14.2 Å². The number of fused-ring (bicyclic) bond motifs is 1. The van der Waals surface area contributed by atoms with Gasteiger partial charge in [0.15, 0.2) is 0 Å². The molecule has 7 nitrogen and oxygen atoms in total. The zero-order valence-corrected chi connectivity index (χ0v) is 16.8. The van der Waals surface area contributed by atoms with Crippen molar-refractivity contribution in [2.75, 3.05) is 32.8 Å². The number of ether oxygens (including phenoxy) is 1. The van der Waals surface area contributed by atoms with Gasteiger partial charge in [-0.15, -0.1) is 10.2 Å². The number of nitrogens with zero attached hydrogens (tertiary/aromatic N) is 5. The van der Waals surface area contributed by atoms with Gasteiger partial charge in [0.25, 0.3) is 0 Å². The summed E-state index contributed by atoms with van der Waals surface area (Å²) in [4.78, 5) is 16.9. The third-order valence-electron chi connectivity index (χ3n) is 6.31. The second-order valence-corrected chi connectivity index (χ2v) is 8.69. The highest BCUT2D eigenvalue weighted by Gasteiger charge is 2.32. The third kappa shape index (κ3) is 4.19. The van der Waals surface area contributed by atoms with Crippen molar-refractivity contribution in [2.45, 2.75) is 71.0 Å². The molecule has 7 heteroatoms. The van der Waals surface area contributed by atoms with Crippen LogP contribution in [0.2, 0.25) is 0 Å². The molecular formula is C20H33N5O2. The van der Waals surface area contributed by atoms with Crippen molar-refractivity contribution in [3.63, 3.8) is 0 Å². The molecule has 27 heavy (non-hydrogen) atoms. The lowest BCUT2D eigenvalue weighted by Crippen LogP contribution is -2.44. The molecule has 0 radical (unpaired) electrons. The van der Waals surface area contributed by atoms with Gasteiger partial charge in [0, 0.05) is 57.8 Å². The van der Waals surface area contributed by atoms with Crippen molar-refractivity contribution in [2.24, 2.45) is 5.92 Å². The zero-order valence-electron chi connectivity index (χ0n) is 16.8. The van der Waals surface area contributed by atoms with Gasteiger partial charge in [-0.05, 0) is 31.6 Å². The highest BCUT2D eigenvalue weighted by molar-refractivity contribution is 5.76. The van der Waals surface area contributed by atoms with Gasteiger partial charge in [-0.3, -0.25) is 9.69 Å². The Labute approximate surface area is 162 Å². The topological polar surface area (TPSA) is 63.5 Å². The Bertz CT molecular complexity index is 645. The maximum absolute atomic E-state index is 12.3. The van der Waals surface area contributed by atoms with Gasteiger partial charge in [-0.1, -0.05) is 13.8 Å².